The molecule has 1 aromatic heterocycles. The van der Waals surface area contributed by atoms with Crippen molar-refractivity contribution < 1.29 is 15.1 Å². The van der Waals surface area contributed by atoms with Crippen LogP contribution in [0.4, 0.5) is 0 Å². The van der Waals surface area contributed by atoms with Gasteiger partial charge in [0, 0.05) is 6.20 Å². The number of amidine groups is 1. The highest BCUT2D eigenvalue weighted by atomic mass is 16.5. The van der Waals surface area contributed by atoms with Crippen LogP contribution in [0.1, 0.15) is 11.3 Å². The van der Waals surface area contributed by atoms with Gasteiger partial charge in [0.25, 0.3) is 0 Å². The molecule has 0 aliphatic rings. The Labute approximate surface area is 109 Å². The molecule has 0 aliphatic carbocycles. The Morgan fingerprint density at radius 2 is 2.21 bits per heavy atom. The molecule has 0 fully saturated rings. The monoisotopic (exact) mass is 260 g/mol. The lowest BCUT2D eigenvalue weighted by Crippen LogP contribution is -2.15. The number of nitrogens with zero attached hydrogens (tertiary/aromatic N) is 3. The van der Waals surface area contributed by atoms with Gasteiger partial charge in [0.2, 0.25) is 0 Å². The molecule has 0 unspecified atom stereocenters. The van der Waals surface area contributed by atoms with Gasteiger partial charge < -0.3 is 20.8 Å². The van der Waals surface area contributed by atoms with E-state index in [1.807, 2.05) is 0 Å². The summed E-state index contributed by atoms with van der Waals surface area (Å²) in [5.41, 5.74) is 6.39. The van der Waals surface area contributed by atoms with Crippen LogP contribution < -0.4 is 10.5 Å². The molecular formula is C12H12N4O3. The second-order valence-corrected chi connectivity index (χ2v) is 3.62. The van der Waals surface area contributed by atoms with Gasteiger partial charge >= 0.3 is 6.01 Å². The molecule has 4 N–H and O–H groups in total. The topological polar surface area (TPSA) is 114 Å². The SMILES string of the molecule is N/C(=N/O)c1ccnc(Oc2cccc(CO)c2)n1. The lowest BCUT2D eigenvalue weighted by atomic mass is 10.2. The first kappa shape index (κ1) is 12.8. The molecule has 0 radical (unpaired) electrons. The zero-order valence-corrected chi connectivity index (χ0v) is 9.89. The van der Waals surface area contributed by atoms with E-state index < -0.39 is 0 Å². The number of aliphatic hydroxyl groups is 1. The van der Waals surface area contributed by atoms with Crippen molar-refractivity contribution in [3.05, 3.63) is 47.8 Å². The van der Waals surface area contributed by atoms with Gasteiger partial charge in [-0.1, -0.05) is 17.3 Å². The van der Waals surface area contributed by atoms with E-state index in [0.29, 0.717) is 11.3 Å². The fraction of sp³-hybridized carbons (Fsp3) is 0.0833. The van der Waals surface area contributed by atoms with E-state index in [2.05, 4.69) is 15.1 Å². The van der Waals surface area contributed by atoms with Crippen molar-refractivity contribution in [2.24, 2.45) is 10.9 Å². The van der Waals surface area contributed by atoms with Gasteiger partial charge in [0.1, 0.15) is 11.4 Å². The van der Waals surface area contributed by atoms with Crippen LogP contribution in [0.5, 0.6) is 11.8 Å². The van der Waals surface area contributed by atoms with E-state index in [-0.39, 0.29) is 24.1 Å². The molecule has 7 heteroatoms. The van der Waals surface area contributed by atoms with Crippen molar-refractivity contribution in [2.45, 2.75) is 6.61 Å². The Hall–Kier alpha value is -2.67. The van der Waals surface area contributed by atoms with Crippen LogP contribution >= 0.6 is 0 Å². The van der Waals surface area contributed by atoms with E-state index in [1.165, 1.54) is 12.3 Å². The predicted molar refractivity (Wildman–Crippen MR) is 67.0 cm³/mol. The summed E-state index contributed by atoms with van der Waals surface area (Å²) < 4.78 is 5.43. The maximum atomic E-state index is 9.03. The third kappa shape index (κ3) is 3.17. The molecule has 7 nitrogen and oxygen atoms in total. The first-order chi connectivity index (χ1) is 9.22. The van der Waals surface area contributed by atoms with Gasteiger partial charge in [0.15, 0.2) is 5.84 Å². The highest BCUT2D eigenvalue weighted by molar-refractivity contribution is 5.95. The third-order valence-electron chi connectivity index (χ3n) is 2.29. The predicted octanol–water partition coefficient (Wildman–Crippen LogP) is 0.856. The molecule has 0 saturated heterocycles. The number of ether oxygens (including phenoxy) is 1. The minimum absolute atomic E-state index is 0.0687. The van der Waals surface area contributed by atoms with Crippen molar-refractivity contribution in [3.8, 4) is 11.8 Å². The number of hydrogen-bond donors (Lipinski definition) is 3. The highest BCUT2D eigenvalue weighted by Crippen LogP contribution is 2.19. The van der Waals surface area contributed by atoms with Gasteiger partial charge in [-0.3, -0.25) is 0 Å². The number of rotatable bonds is 4. The molecule has 0 saturated carbocycles. The summed E-state index contributed by atoms with van der Waals surface area (Å²) in [6.45, 7) is -0.0811. The lowest BCUT2D eigenvalue weighted by molar-refractivity contribution is 0.281. The maximum absolute atomic E-state index is 9.03. The summed E-state index contributed by atoms with van der Waals surface area (Å²) >= 11 is 0. The van der Waals surface area contributed by atoms with Gasteiger partial charge in [-0.25, -0.2) is 4.98 Å². The largest absolute Gasteiger partial charge is 0.424 e. The van der Waals surface area contributed by atoms with E-state index in [9.17, 15) is 0 Å². The number of benzene rings is 1. The molecule has 0 atom stereocenters. The van der Waals surface area contributed by atoms with Crippen LogP contribution in [0, 0.1) is 0 Å². The lowest BCUT2D eigenvalue weighted by Gasteiger charge is -2.05. The first-order valence-electron chi connectivity index (χ1n) is 5.41. The molecule has 1 heterocycles. The zero-order chi connectivity index (χ0) is 13.7. The normalized spacial score (nSPS) is 11.3. The first-order valence-corrected chi connectivity index (χ1v) is 5.41. The molecular weight excluding hydrogens is 248 g/mol. The summed E-state index contributed by atoms with van der Waals surface area (Å²) in [5, 5.41) is 20.5. The van der Waals surface area contributed by atoms with Crippen molar-refractivity contribution in [1.82, 2.24) is 9.97 Å². The second-order valence-electron chi connectivity index (χ2n) is 3.62. The summed E-state index contributed by atoms with van der Waals surface area (Å²) in [6.07, 6.45) is 1.44. The number of aliphatic hydroxyl groups excluding tert-OH is 1. The van der Waals surface area contributed by atoms with Crippen LogP contribution in [0.15, 0.2) is 41.7 Å². The number of hydrogen-bond acceptors (Lipinski definition) is 6. The van der Waals surface area contributed by atoms with Gasteiger partial charge in [-0.2, -0.15) is 4.98 Å². The smallest absolute Gasteiger partial charge is 0.322 e. The molecule has 98 valence electrons. The fourth-order valence-corrected chi connectivity index (χ4v) is 1.40. The Morgan fingerprint density at radius 1 is 1.37 bits per heavy atom. The average Bonchev–Trinajstić information content (AvgIpc) is 2.47. The van der Waals surface area contributed by atoms with E-state index in [0.717, 1.165) is 0 Å². The van der Waals surface area contributed by atoms with Crippen LogP contribution in [0.25, 0.3) is 0 Å². The van der Waals surface area contributed by atoms with E-state index in [4.69, 9.17) is 20.8 Å². The van der Waals surface area contributed by atoms with Crippen LogP contribution in [0.2, 0.25) is 0 Å². The molecule has 0 amide bonds. The molecule has 0 bridgehead atoms. The van der Waals surface area contributed by atoms with Crippen LogP contribution in [-0.4, -0.2) is 26.1 Å². The Morgan fingerprint density at radius 3 is 2.95 bits per heavy atom. The van der Waals surface area contributed by atoms with Gasteiger partial charge in [-0.15, -0.1) is 0 Å². The van der Waals surface area contributed by atoms with E-state index >= 15 is 0 Å². The molecule has 2 rings (SSSR count). The maximum Gasteiger partial charge on any atom is 0.322 e. The van der Waals surface area contributed by atoms with E-state index in [1.54, 1.807) is 24.3 Å². The van der Waals surface area contributed by atoms with Crippen molar-refractivity contribution >= 4 is 5.84 Å². The number of oxime groups is 1. The fourth-order valence-electron chi connectivity index (χ4n) is 1.40. The van der Waals surface area contributed by atoms with Crippen molar-refractivity contribution in [2.75, 3.05) is 0 Å². The van der Waals surface area contributed by atoms with Crippen LogP contribution in [-0.2, 0) is 6.61 Å². The molecule has 1 aromatic carbocycles. The number of nitrogens with two attached hydrogens (primary N) is 1. The summed E-state index contributed by atoms with van der Waals surface area (Å²) in [5.74, 6) is 0.361. The Bertz CT molecular complexity index is 601. The standard InChI is InChI=1S/C12H12N4O3/c13-11(16-18)10-4-5-14-12(15-10)19-9-3-1-2-8(6-9)7-17/h1-6,17-18H,7H2,(H2,13,16). The van der Waals surface area contributed by atoms with Crippen LogP contribution in [0.3, 0.4) is 0 Å². The summed E-state index contributed by atoms with van der Waals surface area (Å²) in [6, 6.07) is 8.44. The minimum Gasteiger partial charge on any atom is -0.424 e. The Kier molecular flexibility index (Phi) is 3.89. The number of aromatic nitrogens is 2. The zero-order valence-electron chi connectivity index (χ0n) is 9.89. The summed E-state index contributed by atoms with van der Waals surface area (Å²) in [4.78, 5) is 7.90. The molecule has 0 spiro atoms. The third-order valence-corrected chi connectivity index (χ3v) is 2.29. The molecule has 2 aromatic rings. The summed E-state index contributed by atoms with van der Waals surface area (Å²) in [7, 11) is 0. The van der Waals surface area contributed by atoms with Crippen molar-refractivity contribution in [3.63, 3.8) is 0 Å². The highest BCUT2D eigenvalue weighted by Gasteiger charge is 2.06. The van der Waals surface area contributed by atoms with Crippen molar-refractivity contribution in [1.29, 1.82) is 0 Å². The Balaban J connectivity index is 2.23. The quantitative estimate of drug-likeness (QED) is 0.325. The minimum atomic E-state index is -0.128. The molecule has 19 heavy (non-hydrogen) atoms. The molecule has 0 aliphatic heterocycles. The second kappa shape index (κ2) is 5.78. The van der Waals surface area contributed by atoms with Gasteiger partial charge in [0.05, 0.1) is 6.61 Å². The van der Waals surface area contributed by atoms with Gasteiger partial charge in [-0.05, 0) is 23.8 Å². The average molecular weight is 260 g/mol.